The minimum absolute atomic E-state index is 0.240. The molecule has 0 unspecified atom stereocenters. The van der Waals surface area contributed by atoms with Crippen LogP contribution in [0.3, 0.4) is 0 Å². The Balaban J connectivity index is 0.000000230. The predicted molar refractivity (Wildman–Crippen MR) is 124 cm³/mol. The summed E-state index contributed by atoms with van der Waals surface area (Å²) in [6, 6.07) is 19.7. The van der Waals surface area contributed by atoms with Gasteiger partial charge in [-0.1, -0.05) is 36.4 Å². The van der Waals surface area contributed by atoms with Gasteiger partial charge in [0.2, 0.25) is 0 Å². The molecule has 0 fully saturated rings. The Morgan fingerprint density at radius 3 is 2.59 bits per heavy atom. The molecule has 0 atom stereocenters. The number of nitrogens with two attached hydrogens (primary N) is 1. The first-order chi connectivity index (χ1) is 15.7. The van der Waals surface area contributed by atoms with Gasteiger partial charge in [-0.05, 0) is 43.2 Å². The molecular formula is C24H25N7O. The van der Waals surface area contributed by atoms with Crippen molar-refractivity contribution in [1.82, 2.24) is 29.5 Å². The first kappa shape index (κ1) is 21.4. The van der Waals surface area contributed by atoms with Crippen molar-refractivity contribution in [3.05, 3.63) is 90.3 Å². The monoisotopic (exact) mass is 427 g/mol. The highest BCUT2D eigenvalue weighted by Crippen LogP contribution is 2.29. The van der Waals surface area contributed by atoms with Gasteiger partial charge in [-0.3, -0.25) is 4.98 Å². The number of aryl methyl sites for hydroxylation is 1. The molecule has 32 heavy (non-hydrogen) atoms. The van der Waals surface area contributed by atoms with E-state index in [9.17, 15) is 0 Å². The Morgan fingerprint density at radius 1 is 1.00 bits per heavy atom. The topological polar surface area (TPSA) is 118 Å². The number of aliphatic hydroxyl groups excluding tert-OH is 1. The summed E-state index contributed by atoms with van der Waals surface area (Å²) in [5.41, 5.74) is 12.1. The van der Waals surface area contributed by atoms with E-state index in [0.29, 0.717) is 6.54 Å². The van der Waals surface area contributed by atoms with Gasteiger partial charge < -0.3 is 15.8 Å². The Labute approximate surface area is 185 Å². The summed E-state index contributed by atoms with van der Waals surface area (Å²) in [6.07, 6.45) is 4.19. The maximum absolute atomic E-state index is 8.52. The first-order valence-electron chi connectivity index (χ1n) is 10.4. The fourth-order valence-electron chi connectivity index (χ4n) is 3.33. The molecule has 0 aliphatic carbocycles. The number of fused-ring (bicyclic) bond motifs is 1. The van der Waals surface area contributed by atoms with E-state index in [0.717, 1.165) is 46.2 Å². The zero-order valence-electron chi connectivity index (χ0n) is 17.8. The fourth-order valence-corrected chi connectivity index (χ4v) is 3.33. The van der Waals surface area contributed by atoms with Gasteiger partial charge in [-0.2, -0.15) is 5.10 Å². The molecule has 4 aromatic heterocycles. The lowest BCUT2D eigenvalue weighted by Gasteiger charge is -2.04. The van der Waals surface area contributed by atoms with Gasteiger partial charge >= 0.3 is 0 Å². The van der Waals surface area contributed by atoms with E-state index in [-0.39, 0.29) is 6.61 Å². The molecule has 5 aromatic rings. The van der Waals surface area contributed by atoms with Gasteiger partial charge in [0.1, 0.15) is 12.2 Å². The third-order valence-electron chi connectivity index (χ3n) is 4.88. The molecule has 0 aliphatic rings. The van der Waals surface area contributed by atoms with Crippen LogP contribution < -0.4 is 5.73 Å². The second-order valence-corrected chi connectivity index (χ2v) is 7.22. The van der Waals surface area contributed by atoms with Gasteiger partial charge in [0.15, 0.2) is 5.65 Å². The van der Waals surface area contributed by atoms with E-state index < -0.39 is 0 Å². The number of H-pyrrole nitrogens is 1. The molecule has 0 amide bonds. The molecule has 0 saturated carbocycles. The van der Waals surface area contributed by atoms with Crippen LogP contribution in [-0.2, 0) is 13.0 Å². The van der Waals surface area contributed by atoms with Gasteiger partial charge in [0.25, 0.3) is 0 Å². The van der Waals surface area contributed by atoms with Crippen LogP contribution in [0.5, 0.6) is 0 Å². The number of nitrogens with one attached hydrogen (secondary N) is 1. The predicted octanol–water partition coefficient (Wildman–Crippen LogP) is 3.17. The van der Waals surface area contributed by atoms with Crippen LogP contribution in [0.25, 0.3) is 28.3 Å². The largest absolute Gasteiger partial charge is 0.396 e. The van der Waals surface area contributed by atoms with Crippen LogP contribution in [0.4, 0.5) is 0 Å². The maximum Gasteiger partial charge on any atom is 0.155 e. The smallest absolute Gasteiger partial charge is 0.155 e. The van der Waals surface area contributed by atoms with Gasteiger partial charge in [-0.25, -0.2) is 14.5 Å². The van der Waals surface area contributed by atoms with Crippen molar-refractivity contribution in [3.63, 3.8) is 0 Å². The van der Waals surface area contributed by atoms with Crippen molar-refractivity contribution in [2.24, 2.45) is 5.73 Å². The standard InChI is InChI=1S/C16H15N7.C8H10O/c1-10-3-2-4-12(20-10)16-15(21-13(7-17)22-16)11-5-6-14-18-9-19-23(14)8-11;9-7-6-8-4-2-1-3-5-8/h2-6,8-9H,7,17H2,1H3,(H,21,22);1-5,9H,6-7H2. The minimum atomic E-state index is 0.240. The Morgan fingerprint density at radius 2 is 1.84 bits per heavy atom. The summed E-state index contributed by atoms with van der Waals surface area (Å²) in [4.78, 5) is 16.6. The lowest BCUT2D eigenvalue weighted by atomic mass is 10.1. The zero-order chi connectivity index (χ0) is 22.3. The highest BCUT2D eigenvalue weighted by atomic mass is 16.2. The van der Waals surface area contributed by atoms with Gasteiger partial charge in [-0.15, -0.1) is 0 Å². The van der Waals surface area contributed by atoms with E-state index >= 15 is 0 Å². The van der Waals surface area contributed by atoms with Gasteiger partial charge in [0, 0.05) is 24.1 Å². The number of aromatic amines is 1. The lowest BCUT2D eigenvalue weighted by molar-refractivity contribution is 0.299. The minimum Gasteiger partial charge on any atom is -0.396 e. The molecule has 8 heteroatoms. The van der Waals surface area contributed by atoms with Crippen molar-refractivity contribution in [2.45, 2.75) is 19.9 Å². The van der Waals surface area contributed by atoms with Crippen molar-refractivity contribution in [1.29, 1.82) is 0 Å². The van der Waals surface area contributed by atoms with E-state index in [1.54, 1.807) is 4.52 Å². The highest BCUT2D eigenvalue weighted by molar-refractivity contribution is 5.77. The van der Waals surface area contributed by atoms with E-state index in [1.165, 1.54) is 11.9 Å². The number of aromatic nitrogens is 6. The number of pyridine rings is 2. The molecule has 0 saturated heterocycles. The molecule has 8 nitrogen and oxygen atoms in total. The van der Waals surface area contributed by atoms with Crippen LogP contribution in [0.2, 0.25) is 0 Å². The molecule has 4 heterocycles. The molecule has 0 radical (unpaired) electrons. The molecule has 0 bridgehead atoms. The van der Waals surface area contributed by atoms with Crippen LogP contribution in [0.1, 0.15) is 17.1 Å². The van der Waals surface area contributed by atoms with Gasteiger partial charge in [0.05, 0.1) is 23.6 Å². The second kappa shape index (κ2) is 9.95. The quantitative estimate of drug-likeness (QED) is 0.396. The molecule has 162 valence electrons. The Bertz CT molecular complexity index is 1290. The summed E-state index contributed by atoms with van der Waals surface area (Å²) in [7, 11) is 0. The molecule has 5 rings (SSSR count). The molecule has 0 aliphatic heterocycles. The zero-order valence-corrected chi connectivity index (χ0v) is 17.8. The van der Waals surface area contributed by atoms with E-state index in [4.69, 9.17) is 10.8 Å². The summed E-state index contributed by atoms with van der Waals surface area (Å²) >= 11 is 0. The summed E-state index contributed by atoms with van der Waals surface area (Å²) in [6.45, 7) is 2.54. The average Bonchev–Trinajstić information content (AvgIpc) is 3.47. The molecule has 4 N–H and O–H groups in total. The van der Waals surface area contributed by atoms with Crippen molar-refractivity contribution in [3.8, 4) is 22.6 Å². The third-order valence-corrected chi connectivity index (χ3v) is 4.88. The number of imidazole rings is 1. The number of hydrogen-bond acceptors (Lipinski definition) is 6. The van der Waals surface area contributed by atoms with Crippen LogP contribution in [-0.4, -0.2) is 41.3 Å². The Kier molecular flexibility index (Phi) is 6.64. The van der Waals surface area contributed by atoms with Crippen molar-refractivity contribution >= 4 is 5.65 Å². The average molecular weight is 428 g/mol. The molecular weight excluding hydrogens is 402 g/mol. The first-order valence-corrected chi connectivity index (χ1v) is 10.4. The number of benzene rings is 1. The summed E-state index contributed by atoms with van der Waals surface area (Å²) < 4.78 is 1.72. The normalized spacial score (nSPS) is 10.7. The van der Waals surface area contributed by atoms with Crippen LogP contribution in [0, 0.1) is 6.92 Å². The second-order valence-electron chi connectivity index (χ2n) is 7.22. The number of rotatable bonds is 5. The Hall–Kier alpha value is -3.88. The number of hydrogen-bond donors (Lipinski definition) is 3. The van der Waals surface area contributed by atoms with Crippen LogP contribution in [0.15, 0.2) is 73.2 Å². The van der Waals surface area contributed by atoms with Crippen molar-refractivity contribution < 1.29 is 5.11 Å². The number of aliphatic hydroxyl groups is 1. The van der Waals surface area contributed by atoms with E-state index in [2.05, 4.69) is 25.0 Å². The maximum atomic E-state index is 8.52. The highest BCUT2D eigenvalue weighted by Gasteiger charge is 2.15. The lowest BCUT2D eigenvalue weighted by Crippen LogP contribution is -1.98. The van der Waals surface area contributed by atoms with Crippen molar-refractivity contribution in [2.75, 3.05) is 6.61 Å². The summed E-state index contributed by atoms with van der Waals surface area (Å²) in [5.74, 6) is 0.719. The molecule has 1 aromatic carbocycles. The number of nitrogens with zero attached hydrogens (tertiary/aromatic N) is 5. The SMILES string of the molecule is Cc1cccc(-c2[nH]c(CN)nc2-c2ccc3ncnn3c2)n1.OCCc1ccccc1. The third kappa shape index (κ3) is 4.88. The van der Waals surface area contributed by atoms with Crippen LogP contribution >= 0.6 is 0 Å². The molecule has 0 spiro atoms. The van der Waals surface area contributed by atoms with E-state index in [1.807, 2.05) is 73.8 Å². The fraction of sp³-hybridized carbons (Fsp3) is 0.167. The summed E-state index contributed by atoms with van der Waals surface area (Å²) in [5, 5.41) is 12.7.